The molecule has 5 heteroatoms. The van der Waals surface area contributed by atoms with Gasteiger partial charge in [0, 0.05) is 0 Å². The Hall–Kier alpha value is 2.17. The molecule has 0 unspecified atom stereocenters. The molecule has 5 heavy (non-hydrogen) atoms. The normalized spacial score (nSPS) is 7.20. The molecule has 0 aromatic heterocycles. The molecular weight excluding hydrogens is 213 g/mol. The van der Waals surface area contributed by atoms with E-state index in [1.807, 2.05) is 0 Å². The van der Waals surface area contributed by atoms with Crippen molar-refractivity contribution < 1.29 is 27.4 Å². The average molecular weight is 215 g/mol. The minimum absolute atomic E-state index is 0. The van der Waals surface area contributed by atoms with E-state index in [2.05, 4.69) is 0 Å². The first-order valence-corrected chi connectivity index (χ1v) is 2.48. The molecule has 0 atom stereocenters. The predicted octanol–water partition coefficient (Wildman–Crippen LogP) is -3.58. The van der Waals surface area contributed by atoms with Crippen LogP contribution in [0.1, 0.15) is 0 Å². The molecule has 0 aromatic carbocycles. The van der Waals surface area contributed by atoms with Gasteiger partial charge in [-0.05, 0) is 4.20 Å². The molecule has 28 valence electrons. The summed E-state index contributed by atoms with van der Waals surface area (Å²) in [6.07, 6.45) is 0. The predicted molar refractivity (Wildman–Crippen MR) is 9.37 cm³/mol. The van der Waals surface area contributed by atoms with Gasteiger partial charge < -0.3 is 8.40 Å². The monoisotopic (exact) mass is 214 g/mol. The van der Waals surface area contributed by atoms with E-state index in [9.17, 15) is 0 Å². The molecule has 0 rings (SSSR count). The average Bonchev–Trinajstić information content (AvgIpc) is 0.811. The molecule has 0 bridgehead atoms. The Morgan fingerprint density at radius 1 is 1.40 bits per heavy atom. The molecule has 0 aliphatic heterocycles. The third-order valence-electron chi connectivity index (χ3n) is 0. The third kappa shape index (κ3) is 22.8. The van der Waals surface area contributed by atoms with Crippen LogP contribution in [0.2, 0.25) is 0 Å². The maximum atomic E-state index is 8.63. The van der Waals surface area contributed by atoms with E-state index >= 15 is 0 Å². The quantitative estimate of drug-likeness (QED) is 0.454. The molecule has 0 fully saturated rings. The van der Waals surface area contributed by atoms with Crippen molar-refractivity contribution in [1.82, 2.24) is 0 Å². The molecule has 0 saturated carbocycles. The van der Waals surface area contributed by atoms with Gasteiger partial charge in [0.25, 0.3) is 0 Å². The van der Waals surface area contributed by atoms with Gasteiger partial charge in [-0.1, -0.05) is 0 Å². The zero-order valence-electron chi connectivity index (χ0n) is 1.64. The number of halogens is 1. The third-order valence-corrected chi connectivity index (χ3v) is 0. The molecule has 1 N–H and O–H groups in total. The summed E-state index contributed by atoms with van der Waals surface area (Å²) in [7, 11) is 0. The maximum absolute atomic E-state index is 8.63. The second kappa shape index (κ2) is 6.17. The van der Waals surface area contributed by atoms with Crippen LogP contribution >= 0.6 is 0 Å². The Morgan fingerprint density at radius 3 is 1.40 bits per heavy atom. The Labute approximate surface area is 83.6 Å². The summed E-state index contributed by atoms with van der Waals surface area (Å²) < 4.78 is 24.3. The van der Waals surface area contributed by atoms with Crippen LogP contribution in [-0.2, 0) is 0 Å². The van der Waals surface area contributed by atoms with Gasteiger partial charge in [-0.2, -0.15) is 0 Å². The first-order chi connectivity index (χ1) is 1.73. The van der Waals surface area contributed by atoms with Crippen LogP contribution in [0.25, 0.3) is 0 Å². The van der Waals surface area contributed by atoms with E-state index < -0.39 is 14.8 Å². The van der Waals surface area contributed by atoms with Gasteiger partial charge in [0.2, 0.25) is 0 Å². The summed E-state index contributed by atoms with van der Waals surface area (Å²) in [6.45, 7) is 0. The van der Waals surface area contributed by atoms with Crippen LogP contribution in [0.5, 0.6) is 0 Å². The van der Waals surface area contributed by atoms with Gasteiger partial charge in [0.05, 0.1) is 0 Å². The van der Waals surface area contributed by atoms with Gasteiger partial charge >= 0.3 is 73.0 Å². The van der Waals surface area contributed by atoms with Crippen molar-refractivity contribution >= 4 is 58.2 Å². The Bertz CT molecular complexity index is 11.6. The van der Waals surface area contributed by atoms with Crippen molar-refractivity contribution in [2.45, 2.75) is 0 Å². The van der Waals surface area contributed by atoms with E-state index in [-0.39, 0.29) is 58.2 Å². The summed E-state index contributed by atoms with van der Waals surface area (Å²) in [6, 6.07) is 0. The van der Waals surface area contributed by atoms with Crippen molar-refractivity contribution in [3.8, 4) is 0 Å². The van der Waals surface area contributed by atoms with Crippen LogP contribution in [0.4, 0.5) is 0 Å². The van der Waals surface area contributed by atoms with E-state index in [4.69, 9.17) is 12.6 Å². The summed E-state index contributed by atoms with van der Waals surface area (Å²) in [5.41, 5.74) is 0. The Morgan fingerprint density at radius 2 is 1.40 bits per heavy atom. The van der Waals surface area contributed by atoms with Gasteiger partial charge in [0.15, 0.2) is 0 Å². The molecule has 0 radical (unpaired) electrons. The fourth-order valence-electron chi connectivity index (χ4n) is 0. The standard InChI is InChI=1S/BrHO3.Rb.H/c2-1(3)4;;/h2H;;. The van der Waals surface area contributed by atoms with E-state index in [0.717, 1.165) is 0 Å². The molecule has 0 aromatic rings. The van der Waals surface area contributed by atoms with Crippen molar-refractivity contribution in [2.75, 3.05) is 0 Å². The van der Waals surface area contributed by atoms with Crippen LogP contribution in [0, 0.1) is 14.8 Å². The summed E-state index contributed by atoms with van der Waals surface area (Å²) in [5, 5.41) is 0. The SMILES string of the molecule is [O-][Br+2]([O-])O.[RbH]. The fraction of sp³-hybridized carbons (Fsp3) is 0. The first kappa shape index (κ1) is 10.2. The van der Waals surface area contributed by atoms with Crippen LogP contribution < -0.4 is 8.40 Å². The summed E-state index contributed by atoms with van der Waals surface area (Å²) >= 11 is -3.40. The number of rotatable bonds is 0. The van der Waals surface area contributed by atoms with Crippen molar-refractivity contribution in [3.05, 3.63) is 0 Å². The number of hydrogen-bond acceptors (Lipinski definition) is 3. The van der Waals surface area contributed by atoms with E-state index in [1.165, 1.54) is 0 Å². The topological polar surface area (TPSA) is 66.3 Å². The van der Waals surface area contributed by atoms with Gasteiger partial charge in [0.1, 0.15) is 0 Å². The van der Waals surface area contributed by atoms with Gasteiger partial charge in [-0.25, -0.2) is 0 Å². The van der Waals surface area contributed by atoms with E-state index in [0.29, 0.717) is 0 Å². The Kier molecular flexibility index (Phi) is 12.6. The van der Waals surface area contributed by atoms with Crippen LogP contribution in [0.3, 0.4) is 0 Å². The fourth-order valence-corrected chi connectivity index (χ4v) is 0. The molecule has 0 amide bonds. The van der Waals surface area contributed by atoms with Crippen molar-refractivity contribution in [2.24, 2.45) is 0 Å². The van der Waals surface area contributed by atoms with Gasteiger partial charge in [-0.15, -0.1) is 0 Å². The summed E-state index contributed by atoms with van der Waals surface area (Å²) in [5.74, 6) is 0. The van der Waals surface area contributed by atoms with Gasteiger partial charge in [-0.3, -0.25) is 0 Å². The summed E-state index contributed by atoms with van der Waals surface area (Å²) in [4.78, 5) is 0. The van der Waals surface area contributed by atoms with Crippen LogP contribution in [-0.4, -0.2) is 62.4 Å². The minimum atomic E-state index is -3.40. The number of hydrogen-bond donors (Lipinski definition) is 1. The van der Waals surface area contributed by atoms with Crippen LogP contribution in [0.15, 0.2) is 0 Å². The molecule has 0 spiro atoms. The molecule has 0 heterocycles. The molecule has 3 nitrogen and oxygen atoms in total. The van der Waals surface area contributed by atoms with Crippen molar-refractivity contribution in [3.63, 3.8) is 0 Å². The Balaban J connectivity index is 0. The zero-order chi connectivity index (χ0) is 3.58. The molecule has 0 aliphatic carbocycles. The molecule has 0 aliphatic rings. The second-order valence-electron chi connectivity index (χ2n) is 0.201. The first-order valence-electron chi connectivity index (χ1n) is 0.478. The van der Waals surface area contributed by atoms with Crippen molar-refractivity contribution in [1.29, 1.82) is 0 Å². The molecule has 0 saturated heterocycles. The molecular formula is H2BrO3Rb. The second-order valence-corrected chi connectivity index (χ2v) is 1.04. The zero-order valence-corrected chi connectivity index (χ0v) is 3.23. The van der Waals surface area contributed by atoms with E-state index in [1.54, 1.807) is 0 Å².